The Morgan fingerprint density at radius 2 is 1.68 bits per heavy atom. The maximum absolute atomic E-state index is 13.5. The zero-order valence-electron chi connectivity index (χ0n) is 22.6. The van der Waals surface area contributed by atoms with Crippen LogP contribution >= 0.6 is 0 Å². The van der Waals surface area contributed by atoms with Crippen LogP contribution < -0.4 is 27.2 Å². The van der Waals surface area contributed by atoms with Crippen molar-refractivity contribution in [3.63, 3.8) is 0 Å². The molecule has 3 aliphatic heterocycles. The van der Waals surface area contributed by atoms with Gasteiger partial charge < -0.3 is 36.2 Å². The molecular weight excluding hydrogens is 526 g/mol. The summed E-state index contributed by atoms with van der Waals surface area (Å²) in [5.41, 5.74) is 7.93. The van der Waals surface area contributed by atoms with Crippen molar-refractivity contribution < 1.29 is 38.3 Å². The highest BCUT2D eigenvalue weighted by atomic mass is 16.7. The first kappa shape index (κ1) is 30.5. The molecule has 0 aromatic heterocycles. The van der Waals surface area contributed by atoms with Gasteiger partial charge in [-0.15, -0.1) is 0 Å². The molecule has 6 N–H and O–H groups in total. The number of fused-ring (bicyclic) bond motifs is 4. The molecule has 220 valence electrons. The van der Waals surface area contributed by atoms with E-state index in [-0.39, 0.29) is 56.5 Å². The molecule has 0 radical (unpaired) electrons. The second-order valence-corrected chi connectivity index (χ2v) is 9.84. The third kappa shape index (κ3) is 8.49. The van der Waals surface area contributed by atoms with Crippen molar-refractivity contribution in [1.29, 1.82) is 0 Å². The molecular formula is C25H37N7O8. The fourth-order valence-corrected chi connectivity index (χ4v) is 4.70. The molecule has 1 fully saturated rings. The number of Topliss-reactive ketones (excluding diaryl/α,β-unsaturated/α-hetero) is 1. The van der Waals surface area contributed by atoms with Gasteiger partial charge in [-0.25, -0.2) is 4.79 Å². The van der Waals surface area contributed by atoms with E-state index in [4.69, 9.17) is 15.3 Å². The SMILES string of the molecule is CC(=O)[C@@H]1C/C=C/COC2CCN(C(C)=O)[C@@H]2C(=O)N[C@H]2CCCN=C(N)NOC(=O)CCC(NC2=O)C(=O)N1. The van der Waals surface area contributed by atoms with E-state index in [1.807, 2.05) is 0 Å². The van der Waals surface area contributed by atoms with Crippen molar-refractivity contribution in [3.8, 4) is 0 Å². The van der Waals surface area contributed by atoms with E-state index in [1.54, 1.807) is 12.2 Å². The molecule has 0 aromatic carbocycles. The summed E-state index contributed by atoms with van der Waals surface area (Å²) in [4.78, 5) is 87.1. The molecule has 1 saturated heterocycles. The number of ketones is 1. The van der Waals surface area contributed by atoms with Crippen molar-refractivity contribution >= 4 is 41.3 Å². The lowest BCUT2D eigenvalue weighted by Crippen LogP contribution is -2.58. The number of ether oxygens (including phenoxy) is 1. The summed E-state index contributed by atoms with van der Waals surface area (Å²) in [6, 6.07) is -4.16. The van der Waals surface area contributed by atoms with E-state index in [2.05, 4.69) is 26.4 Å². The lowest BCUT2D eigenvalue weighted by molar-refractivity contribution is -0.148. The molecule has 15 nitrogen and oxygen atoms in total. The van der Waals surface area contributed by atoms with Gasteiger partial charge in [-0.2, -0.15) is 5.48 Å². The van der Waals surface area contributed by atoms with Gasteiger partial charge in [-0.3, -0.25) is 29.0 Å². The van der Waals surface area contributed by atoms with Crippen molar-refractivity contribution in [1.82, 2.24) is 26.3 Å². The Hall–Kier alpha value is -4.01. The average Bonchev–Trinajstić information content (AvgIpc) is 3.33. The number of rotatable bonds is 1. The molecule has 2 unspecified atom stereocenters. The lowest BCUT2D eigenvalue weighted by atomic mass is 10.0. The van der Waals surface area contributed by atoms with Crippen molar-refractivity contribution in [3.05, 3.63) is 12.2 Å². The Morgan fingerprint density at radius 3 is 2.40 bits per heavy atom. The van der Waals surface area contributed by atoms with Crippen LogP contribution in [0, 0.1) is 0 Å². The number of hydroxylamine groups is 1. The molecule has 0 saturated carbocycles. The summed E-state index contributed by atoms with van der Waals surface area (Å²) in [5, 5.41) is 7.96. The van der Waals surface area contributed by atoms with Crippen molar-refractivity contribution in [2.75, 3.05) is 19.7 Å². The fourth-order valence-electron chi connectivity index (χ4n) is 4.70. The van der Waals surface area contributed by atoms with Crippen molar-refractivity contribution in [2.45, 2.75) is 82.6 Å². The van der Waals surface area contributed by atoms with Gasteiger partial charge in [0.1, 0.15) is 18.1 Å². The number of nitrogens with two attached hydrogens (primary N) is 1. The number of aliphatic imine (C=N–C) groups is 1. The zero-order valence-corrected chi connectivity index (χ0v) is 22.6. The Labute approximate surface area is 231 Å². The van der Waals surface area contributed by atoms with Crippen LogP contribution in [0.1, 0.15) is 52.4 Å². The molecule has 5 atom stereocenters. The third-order valence-corrected chi connectivity index (χ3v) is 6.87. The van der Waals surface area contributed by atoms with Gasteiger partial charge in [0, 0.05) is 20.0 Å². The van der Waals surface area contributed by atoms with Gasteiger partial charge in [0.05, 0.1) is 25.2 Å². The topological polar surface area (TPSA) is 211 Å². The molecule has 2 bridgehead atoms. The minimum Gasteiger partial charge on any atom is -0.371 e. The predicted octanol–water partition coefficient (Wildman–Crippen LogP) is -2.07. The largest absolute Gasteiger partial charge is 0.371 e. The molecule has 3 aliphatic rings. The molecule has 40 heavy (non-hydrogen) atoms. The Kier molecular flexibility index (Phi) is 11.0. The molecule has 3 rings (SSSR count). The van der Waals surface area contributed by atoms with Crippen LogP contribution in [0.5, 0.6) is 0 Å². The van der Waals surface area contributed by atoms with E-state index in [1.165, 1.54) is 18.7 Å². The highest BCUT2D eigenvalue weighted by Gasteiger charge is 2.42. The van der Waals surface area contributed by atoms with E-state index in [9.17, 15) is 28.8 Å². The quantitative estimate of drug-likeness (QED) is 0.220. The molecule has 0 aliphatic carbocycles. The maximum atomic E-state index is 13.5. The van der Waals surface area contributed by atoms with E-state index >= 15 is 0 Å². The number of guanidine groups is 1. The number of nitrogens with zero attached hydrogens (tertiary/aromatic N) is 2. The van der Waals surface area contributed by atoms with Gasteiger partial charge in [-0.1, -0.05) is 12.2 Å². The fraction of sp³-hybridized carbons (Fsp3) is 0.640. The molecule has 0 aromatic rings. The second kappa shape index (κ2) is 14.4. The highest BCUT2D eigenvalue weighted by Crippen LogP contribution is 2.22. The summed E-state index contributed by atoms with van der Waals surface area (Å²) < 4.78 is 5.90. The van der Waals surface area contributed by atoms with Gasteiger partial charge >= 0.3 is 5.97 Å². The number of hydrogen-bond acceptors (Lipinski definition) is 11. The first-order valence-electron chi connectivity index (χ1n) is 13.3. The van der Waals surface area contributed by atoms with E-state index in [0.717, 1.165) is 0 Å². The highest BCUT2D eigenvalue weighted by molar-refractivity contribution is 5.96. The number of amides is 4. The van der Waals surface area contributed by atoms with Crippen LogP contribution in [0.2, 0.25) is 0 Å². The van der Waals surface area contributed by atoms with Gasteiger partial charge in [0.25, 0.3) is 0 Å². The first-order valence-corrected chi connectivity index (χ1v) is 13.3. The zero-order chi connectivity index (χ0) is 29.2. The summed E-state index contributed by atoms with van der Waals surface area (Å²) in [5.74, 6) is -3.44. The van der Waals surface area contributed by atoms with Gasteiger partial charge in [-0.05, 0) is 39.0 Å². The number of nitrogens with one attached hydrogen (secondary N) is 4. The minimum atomic E-state index is -1.22. The molecule has 0 spiro atoms. The number of carbonyl (C=O) groups excluding carboxylic acids is 6. The molecule has 15 heteroatoms. The van der Waals surface area contributed by atoms with E-state index in [0.29, 0.717) is 19.4 Å². The van der Waals surface area contributed by atoms with Crippen LogP contribution in [0.4, 0.5) is 0 Å². The summed E-state index contributed by atoms with van der Waals surface area (Å²) in [7, 11) is 0. The van der Waals surface area contributed by atoms with Gasteiger partial charge in [0.2, 0.25) is 29.6 Å². The monoisotopic (exact) mass is 563 g/mol. The summed E-state index contributed by atoms with van der Waals surface area (Å²) in [6.45, 7) is 3.25. The Balaban J connectivity index is 1.96. The molecule has 4 amide bonds. The van der Waals surface area contributed by atoms with Crippen LogP contribution in [-0.2, 0) is 38.3 Å². The summed E-state index contributed by atoms with van der Waals surface area (Å²) in [6.07, 6.45) is 3.29. The van der Waals surface area contributed by atoms with Crippen LogP contribution in [0.15, 0.2) is 17.1 Å². The Bertz CT molecular complexity index is 1060. The standard InChI is InChI=1S/C25H37N7O8/c1-14(33)16-6-3-4-13-39-19-10-12-32(15(2)34)21(19)24(38)30-17-7-5-11-27-25(26)31-40-20(35)9-8-18(23(37)28-16)29-22(17)36/h3-4,16-19,21H,5-13H2,1-2H3,(H,28,37)(H,29,36)(H,30,38)(H3,26,27,31)/b4-3+/t16-,17-,18?,19?,21-/m0/s1. The number of carbonyl (C=O) groups is 6. The van der Waals surface area contributed by atoms with Crippen molar-refractivity contribution in [2.24, 2.45) is 10.7 Å². The normalized spacial score (nSPS) is 30.3. The minimum absolute atomic E-state index is 0.112. The summed E-state index contributed by atoms with van der Waals surface area (Å²) >= 11 is 0. The first-order chi connectivity index (χ1) is 19.1. The molecule has 3 heterocycles. The number of hydrogen-bond donors (Lipinski definition) is 5. The van der Waals surface area contributed by atoms with E-state index < -0.39 is 54.0 Å². The third-order valence-electron chi connectivity index (χ3n) is 6.87. The Morgan fingerprint density at radius 1 is 0.975 bits per heavy atom. The second-order valence-electron chi connectivity index (χ2n) is 9.84. The maximum Gasteiger partial charge on any atom is 0.332 e. The smallest absolute Gasteiger partial charge is 0.332 e. The average molecular weight is 564 g/mol. The van der Waals surface area contributed by atoms with Crippen LogP contribution in [0.25, 0.3) is 0 Å². The number of likely N-dealkylation sites (tertiary alicyclic amines) is 1. The van der Waals surface area contributed by atoms with Crippen LogP contribution in [0.3, 0.4) is 0 Å². The lowest BCUT2D eigenvalue weighted by Gasteiger charge is -2.29. The van der Waals surface area contributed by atoms with Gasteiger partial charge in [0.15, 0.2) is 5.78 Å². The predicted molar refractivity (Wildman–Crippen MR) is 140 cm³/mol. The van der Waals surface area contributed by atoms with Crippen LogP contribution in [-0.4, -0.2) is 96.2 Å².